The third-order valence-electron chi connectivity index (χ3n) is 3.13. The average Bonchev–Trinajstić information content (AvgIpc) is 2.71. The molecule has 106 valence electrons. The van der Waals surface area contributed by atoms with Gasteiger partial charge in [0.2, 0.25) is 11.8 Å². The highest BCUT2D eigenvalue weighted by atomic mass is 32.2. The van der Waals surface area contributed by atoms with E-state index >= 15 is 0 Å². The lowest BCUT2D eigenvalue weighted by Gasteiger charge is -2.18. The molecule has 1 aliphatic rings. The molecule has 0 bridgehead atoms. The van der Waals surface area contributed by atoms with Gasteiger partial charge in [-0.1, -0.05) is 25.1 Å². The number of rotatable bonds is 5. The Morgan fingerprint density at radius 3 is 2.75 bits per heavy atom. The second-order valence-corrected chi connectivity index (χ2v) is 5.64. The van der Waals surface area contributed by atoms with Crippen LogP contribution in [0.3, 0.4) is 0 Å². The van der Waals surface area contributed by atoms with Crippen LogP contribution in [0, 0.1) is 0 Å². The Morgan fingerprint density at radius 2 is 2.10 bits per heavy atom. The number of aryl methyl sites for hydroxylation is 1. The van der Waals surface area contributed by atoms with Gasteiger partial charge in [-0.2, -0.15) is 0 Å². The van der Waals surface area contributed by atoms with Crippen LogP contribution in [0.4, 0.5) is 5.69 Å². The van der Waals surface area contributed by atoms with Gasteiger partial charge in [-0.25, -0.2) is 4.90 Å². The Kier molecular flexibility index (Phi) is 4.44. The standard InChI is InChI=1S/C14H15NO4S/c1-2-9-5-3-4-6-10(9)15-12(16)7-11(14(15)19)20-8-13(17)18/h3-6,11H,2,7-8H2,1H3,(H,17,18)/t11-/m0/s1. The van der Waals surface area contributed by atoms with Crippen LogP contribution >= 0.6 is 11.8 Å². The molecule has 5 nitrogen and oxygen atoms in total. The molecule has 0 spiro atoms. The second kappa shape index (κ2) is 6.09. The smallest absolute Gasteiger partial charge is 0.313 e. The first kappa shape index (κ1) is 14.6. The van der Waals surface area contributed by atoms with Crippen molar-refractivity contribution in [2.45, 2.75) is 25.0 Å². The van der Waals surface area contributed by atoms with Crippen molar-refractivity contribution in [3.8, 4) is 0 Å². The van der Waals surface area contributed by atoms with E-state index in [0.29, 0.717) is 5.69 Å². The number of hydrogen-bond donors (Lipinski definition) is 1. The molecule has 2 amide bonds. The minimum Gasteiger partial charge on any atom is -0.481 e. The molecule has 6 heteroatoms. The van der Waals surface area contributed by atoms with Gasteiger partial charge in [0.15, 0.2) is 0 Å². The Hall–Kier alpha value is -1.82. The largest absolute Gasteiger partial charge is 0.481 e. The van der Waals surface area contributed by atoms with E-state index in [-0.39, 0.29) is 24.0 Å². The van der Waals surface area contributed by atoms with Crippen molar-refractivity contribution in [1.82, 2.24) is 0 Å². The molecule has 0 aromatic heterocycles. The van der Waals surface area contributed by atoms with Crippen LogP contribution in [0.5, 0.6) is 0 Å². The summed E-state index contributed by atoms with van der Waals surface area (Å²) in [6, 6.07) is 7.28. The molecule has 1 N–H and O–H groups in total. The van der Waals surface area contributed by atoms with Crippen molar-refractivity contribution >= 4 is 35.2 Å². The van der Waals surface area contributed by atoms with Crippen molar-refractivity contribution in [2.24, 2.45) is 0 Å². The van der Waals surface area contributed by atoms with E-state index in [9.17, 15) is 14.4 Å². The van der Waals surface area contributed by atoms with E-state index in [2.05, 4.69) is 0 Å². The molecule has 0 unspecified atom stereocenters. The van der Waals surface area contributed by atoms with Crippen molar-refractivity contribution in [1.29, 1.82) is 0 Å². The van der Waals surface area contributed by atoms with Gasteiger partial charge in [0.25, 0.3) is 0 Å². The highest BCUT2D eigenvalue weighted by molar-refractivity contribution is 8.01. The second-order valence-electron chi connectivity index (χ2n) is 4.45. The van der Waals surface area contributed by atoms with Crippen LogP contribution in [0.1, 0.15) is 18.9 Å². The van der Waals surface area contributed by atoms with Gasteiger partial charge >= 0.3 is 5.97 Å². The Morgan fingerprint density at radius 1 is 1.40 bits per heavy atom. The zero-order chi connectivity index (χ0) is 14.7. The minimum atomic E-state index is -0.984. The summed E-state index contributed by atoms with van der Waals surface area (Å²) in [6.07, 6.45) is 0.787. The normalized spacial score (nSPS) is 18.6. The highest BCUT2D eigenvalue weighted by Crippen LogP contribution is 2.31. The molecule has 1 fully saturated rings. The quantitative estimate of drug-likeness (QED) is 0.836. The van der Waals surface area contributed by atoms with E-state index in [1.165, 1.54) is 4.90 Å². The number of carboxylic acid groups (broad SMARTS) is 1. The number of thioether (sulfide) groups is 1. The maximum Gasteiger partial charge on any atom is 0.313 e. The van der Waals surface area contributed by atoms with Crippen LogP contribution in [0.15, 0.2) is 24.3 Å². The first-order valence-corrected chi connectivity index (χ1v) is 7.37. The lowest BCUT2D eigenvalue weighted by molar-refractivity contribution is -0.134. The fourth-order valence-electron chi connectivity index (χ4n) is 2.19. The van der Waals surface area contributed by atoms with Crippen molar-refractivity contribution in [3.63, 3.8) is 0 Å². The molecule has 0 radical (unpaired) electrons. The average molecular weight is 293 g/mol. The van der Waals surface area contributed by atoms with E-state index in [1.54, 1.807) is 12.1 Å². The number of imide groups is 1. The minimum absolute atomic E-state index is 0.0643. The van der Waals surface area contributed by atoms with E-state index in [0.717, 1.165) is 23.7 Å². The third kappa shape index (κ3) is 2.85. The predicted molar refractivity (Wildman–Crippen MR) is 76.8 cm³/mol. The molecular weight excluding hydrogens is 278 g/mol. The first-order chi connectivity index (χ1) is 9.54. The summed E-state index contributed by atoms with van der Waals surface area (Å²) < 4.78 is 0. The number of carboxylic acids is 1. The third-order valence-corrected chi connectivity index (χ3v) is 4.31. The van der Waals surface area contributed by atoms with Crippen LogP contribution in [0.25, 0.3) is 0 Å². The monoisotopic (exact) mass is 293 g/mol. The molecule has 1 aliphatic heterocycles. The van der Waals surface area contributed by atoms with Crippen LogP contribution in [-0.4, -0.2) is 33.9 Å². The Labute approximate surface area is 121 Å². The predicted octanol–water partition coefficient (Wildman–Crippen LogP) is 1.70. The molecule has 2 rings (SSSR count). The number of aliphatic carboxylic acids is 1. The van der Waals surface area contributed by atoms with Crippen molar-refractivity contribution < 1.29 is 19.5 Å². The number of anilines is 1. The molecule has 0 saturated carbocycles. The van der Waals surface area contributed by atoms with Gasteiger partial charge in [-0.3, -0.25) is 14.4 Å². The van der Waals surface area contributed by atoms with Crippen LogP contribution in [0.2, 0.25) is 0 Å². The summed E-state index contributed by atoms with van der Waals surface area (Å²) in [5, 5.41) is 8.07. The Bertz CT molecular complexity index is 558. The van der Waals surface area contributed by atoms with E-state index < -0.39 is 11.2 Å². The molecule has 1 aromatic carbocycles. The highest BCUT2D eigenvalue weighted by Gasteiger charge is 2.40. The van der Waals surface area contributed by atoms with Gasteiger partial charge in [0.1, 0.15) is 0 Å². The molecule has 1 heterocycles. The van der Waals surface area contributed by atoms with Crippen LogP contribution < -0.4 is 4.90 Å². The number of nitrogens with zero attached hydrogens (tertiary/aromatic N) is 1. The maximum absolute atomic E-state index is 12.3. The fourth-order valence-corrected chi connectivity index (χ4v) is 3.04. The van der Waals surface area contributed by atoms with E-state index in [4.69, 9.17) is 5.11 Å². The van der Waals surface area contributed by atoms with Crippen molar-refractivity contribution in [3.05, 3.63) is 29.8 Å². The summed E-state index contributed by atoms with van der Waals surface area (Å²) >= 11 is 1.00. The molecule has 20 heavy (non-hydrogen) atoms. The maximum atomic E-state index is 12.3. The van der Waals surface area contributed by atoms with Gasteiger partial charge in [0, 0.05) is 6.42 Å². The fraction of sp³-hybridized carbons (Fsp3) is 0.357. The number of hydrogen-bond acceptors (Lipinski definition) is 4. The van der Waals surface area contributed by atoms with Crippen LogP contribution in [-0.2, 0) is 20.8 Å². The number of carbonyl (C=O) groups is 3. The zero-order valence-electron chi connectivity index (χ0n) is 11.0. The molecule has 1 saturated heterocycles. The number of amides is 2. The zero-order valence-corrected chi connectivity index (χ0v) is 11.9. The van der Waals surface area contributed by atoms with Gasteiger partial charge < -0.3 is 5.11 Å². The molecular formula is C14H15NO4S. The van der Waals surface area contributed by atoms with E-state index in [1.807, 2.05) is 19.1 Å². The topological polar surface area (TPSA) is 74.7 Å². The summed E-state index contributed by atoms with van der Waals surface area (Å²) in [5.74, 6) is -1.74. The summed E-state index contributed by atoms with van der Waals surface area (Å²) in [6.45, 7) is 1.96. The summed E-state index contributed by atoms with van der Waals surface area (Å²) in [7, 11) is 0. The lowest BCUT2D eigenvalue weighted by Crippen LogP contribution is -2.32. The summed E-state index contributed by atoms with van der Waals surface area (Å²) in [5.41, 5.74) is 1.54. The number of carbonyl (C=O) groups excluding carboxylic acids is 2. The first-order valence-electron chi connectivity index (χ1n) is 6.32. The van der Waals surface area contributed by atoms with Crippen molar-refractivity contribution in [2.75, 3.05) is 10.7 Å². The number of para-hydroxylation sites is 1. The molecule has 1 aromatic rings. The van der Waals surface area contributed by atoms with Gasteiger partial charge in [0.05, 0.1) is 16.7 Å². The Balaban J connectivity index is 2.22. The SMILES string of the molecule is CCc1ccccc1N1C(=O)C[C@H](SCC(=O)O)C1=O. The number of benzene rings is 1. The van der Waals surface area contributed by atoms with Gasteiger partial charge in [-0.05, 0) is 18.1 Å². The molecule has 0 aliphatic carbocycles. The lowest BCUT2D eigenvalue weighted by atomic mass is 10.1. The summed E-state index contributed by atoms with van der Waals surface area (Å²) in [4.78, 5) is 36.1. The van der Waals surface area contributed by atoms with Gasteiger partial charge in [-0.15, -0.1) is 11.8 Å². The molecule has 1 atom stereocenters.